The summed E-state index contributed by atoms with van der Waals surface area (Å²) in [6, 6.07) is 0.441. The van der Waals surface area contributed by atoms with Gasteiger partial charge in [0, 0.05) is 50.4 Å². The monoisotopic (exact) mass is 755 g/mol. The fourth-order valence-corrected chi connectivity index (χ4v) is 6.36. The zero-order valence-electron chi connectivity index (χ0n) is 28.4. The molecule has 1 fully saturated rings. The number of hydrogen-bond donors (Lipinski definition) is 3. The Labute approximate surface area is 294 Å². The summed E-state index contributed by atoms with van der Waals surface area (Å²) in [6.07, 6.45) is 1.36. The third-order valence-corrected chi connectivity index (χ3v) is 9.58. The van der Waals surface area contributed by atoms with Crippen molar-refractivity contribution in [1.29, 1.82) is 0 Å². The summed E-state index contributed by atoms with van der Waals surface area (Å²) in [5.74, 6) is -5.05. The molecular weight excluding hydrogens is 719 g/mol. The fraction of sp³-hybridized carbons (Fsp3) is 0.484. The van der Waals surface area contributed by atoms with Gasteiger partial charge in [-0.3, -0.25) is 19.3 Å². The van der Waals surface area contributed by atoms with E-state index in [0.717, 1.165) is 24.1 Å². The summed E-state index contributed by atoms with van der Waals surface area (Å²) < 4.78 is 59.4. The highest BCUT2D eigenvalue weighted by molar-refractivity contribution is 7.46. The lowest BCUT2D eigenvalue weighted by Gasteiger charge is -2.42. The highest BCUT2D eigenvalue weighted by atomic mass is 31.2. The van der Waals surface area contributed by atoms with Gasteiger partial charge in [0.2, 0.25) is 24.8 Å². The lowest BCUT2D eigenvalue weighted by Crippen LogP contribution is -2.52. The molecule has 1 aromatic carbocycles. The fourth-order valence-electron chi connectivity index (χ4n) is 6.17. The average Bonchev–Trinajstić information content (AvgIpc) is 3.41. The first-order valence-electron chi connectivity index (χ1n) is 15.9. The van der Waals surface area contributed by atoms with Gasteiger partial charge in [0.1, 0.15) is 23.2 Å². The molecule has 0 unspecified atom stereocenters. The Morgan fingerprint density at radius 2 is 1.94 bits per heavy atom. The number of amides is 3. The van der Waals surface area contributed by atoms with Crippen LogP contribution in [0.1, 0.15) is 72.5 Å². The molecule has 0 aliphatic carbocycles. The summed E-state index contributed by atoms with van der Waals surface area (Å²) in [6.45, 7) is 2.47. The lowest BCUT2D eigenvalue weighted by molar-refractivity contribution is -0.155. The number of nitrogens with one attached hydrogen (secondary N) is 1. The number of benzene rings is 1. The second-order valence-electron chi connectivity index (χ2n) is 12.6. The highest BCUT2D eigenvalue weighted by Gasteiger charge is 2.54. The number of ether oxygens (including phenoxy) is 3. The highest BCUT2D eigenvalue weighted by Crippen LogP contribution is 2.46. The van der Waals surface area contributed by atoms with E-state index in [2.05, 4.69) is 19.7 Å². The van der Waals surface area contributed by atoms with Crippen LogP contribution >= 0.6 is 7.82 Å². The molecule has 18 nitrogen and oxygen atoms in total. The summed E-state index contributed by atoms with van der Waals surface area (Å²) in [5.41, 5.74) is -2.16. The van der Waals surface area contributed by atoms with Crippen molar-refractivity contribution >= 4 is 37.4 Å². The minimum Gasteiger partial charge on any atom is -0.451 e. The maximum Gasteiger partial charge on any atom is 0.472 e. The molecule has 0 radical (unpaired) electrons. The third-order valence-electron chi connectivity index (χ3n) is 9.14. The van der Waals surface area contributed by atoms with Gasteiger partial charge in [-0.1, -0.05) is 11.2 Å². The molecule has 1 aromatic heterocycles. The molecule has 21 heteroatoms. The molecule has 4 atom stereocenters. The number of phosphoric ester groups is 1. The Hall–Kier alpha value is -4.91. The number of phosphoric acid groups is 1. The summed E-state index contributed by atoms with van der Waals surface area (Å²) in [5, 5.41) is 6.60. The van der Waals surface area contributed by atoms with Crippen LogP contribution in [-0.4, -0.2) is 98.6 Å². The van der Waals surface area contributed by atoms with Gasteiger partial charge in [0.25, 0.3) is 11.8 Å². The SMILES string of the molecule is CC1=NO[C@@]2(CC[C@H](C)N3C[C@H]2n2cc(C(=O)NCc4ccc(F)cc4F)c(=O)c(OCOC(=O)[C@H](C)N(C)C(=O)OCOP(=O)(O)O)c2C3=O)C1. The number of rotatable bonds is 11. The van der Waals surface area contributed by atoms with E-state index in [9.17, 15) is 37.3 Å². The number of nitrogens with zero attached hydrogens (tertiary/aromatic N) is 4. The minimum atomic E-state index is -4.93. The van der Waals surface area contributed by atoms with E-state index < -0.39 is 97.9 Å². The van der Waals surface area contributed by atoms with Crippen LogP contribution in [0.15, 0.2) is 34.3 Å². The molecule has 0 saturated carbocycles. The van der Waals surface area contributed by atoms with Crippen molar-refractivity contribution in [3.05, 3.63) is 63.1 Å². The van der Waals surface area contributed by atoms with E-state index >= 15 is 0 Å². The Balaban J connectivity index is 1.44. The number of hydrogen-bond acceptors (Lipinski definition) is 12. The normalized spacial score (nSPS) is 21.3. The van der Waals surface area contributed by atoms with E-state index in [1.165, 1.54) is 17.7 Å². The summed E-state index contributed by atoms with van der Waals surface area (Å²) in [4.78, 5) is 92.3. The van der Waals surface area contributed by atoms with Crippen molar-refractivity contribution in [2.75, 3.05) is 27.2 Å². The van der Waals surface area contributed by atoms with Crippen molar-refractivity contribution in [2.45, 2.75) is 70.3 Å². The first kappa shape index (κ1) is 38.3. The van der Waals surface area contributed by atoms with Crippen LogP contribution in [0, 0.1) is 11.6 Å². The van der Waals surface area contributed by atoms with Gasteiger partial charge in [-0.2, -0.15) is 0 Å². The van der Waals surface area contributed by atoms with E-state index in [-0.39, 0.29) is 23.8 Å². The topological polar surface area (TPSA) is 225 Å². The maximum absolute atomic E-state index is 14.3. The van der Waals surface area contributed by atoms with E-state index in [0.29, 0.717) is 31.0 Å². The molecule has 3 amide bonds. The van der Waals surface area contributed by atoms with Crippen LogP contribution in [0.2, 0.25) is 0 Å². The van der Waals surface area contributed by atoms with Crippen molar-refractivity contribution in [1.82, 2.24) is 19.7 Å². The number of carbonyl (C=O) groups excluding carboxylic acids is 4. The standard InChI is InChI=1S/C31H36F2N5O13P/c1-16-10-31(51-35-16)8-7-17(2)37-13-23(31)38-12-21(27(40)34-11-19-5-6-20(32)9-22(19)33)25(39)26(24(38)28(37)41)47-14-48-29(42)18(3)36(4)30(43)49-15-50-52(44,45)46/h5-6,9,12,17-18,23H,7-8,10-11,13-15H2,1-4H3,(H,34,40)(H2,44,45,46)/t17-,18-,23+,31-/m0/s1. The van der Waals surface area contributed by atoms with Crippen LogP contribution in [-0.2, 0) is 34.7 Å². The zero-order chi connectivity index (χ0) is 38.1. The Bertz CT molecular complexity index is 1920. The number of esters is 1. The molecule has 1 saturated heterocycles. The Kier molecular flexibility index (Phi) is 11.0. The minimum absolute atomic E-state index is 0.0667. The quantitative estimate of drug-likeness (QED) is 0.170. The van der Waals surface area contributed by atoms with Crippen molar-refractivity contribution in [3.8, 4) is 5.75 Å². The predicted molar refractivity (Wildman–Crippen MR) is 172 cm³/mol. The summed E-state index contributed by atoms with van der Waals surface area (Å²) in [7, 11) is -3.81. The molecule has 282 valence electrons. The number of carbonyl (C=O) groups is 4. The number of fused-ring (bicyclic) bond motifs is 5. The van der Waals surface area contributed by atoms with E-state index in [1.54, 1.807) is 11.8 Å². The molecule has 3 N–H and O–H groups in total. The number of halogens is 2. The molecule has 3 aliphatic heterocycles. The second-order valence-corrected chi connectivity index (χ2v) is 13.8. The van der Waals surface area contributed by atoms with Gasteiger partial charge in [0.05, 0.1) is 11.8 Å². The maximum atomic E-state index is 14.3. The Morgan fingerprint density at radius 3 is 2.60 bits per heavy atom. The molecule has 3 aliphatic rings. The van der Waals surface area contributed by atoms with Crippen molar-refractivity contribution in [2.24, 2.45) is 5.16 Å². The van der Waals surface area contributed by atoms with Gasteiger partial charge in [0.15, 0.2) is 11.3 Å². The zero-order valence-corrected chi connectivity index (χ0v) is 29.3. The molecule has 4 heterocycles. The van der Waals surface area contributed by atoms with Gasteiger partial charge in [-0.15, -0.1) is 0 Å². The first-order valence-corrected chi connectivity index (χ1v) is 17.4. The van der Waals surface area contributed by atoms with Crippen molar-refractivity contribution < 1.29 is 65.9 Å². The molecular formula is C31H36F2N5O13P. The lowest BCUT2D eigenvalue weighted by atomic mass is 9.84. The Morgan fingerprint density at radius 1 is 1.21 bits per heavy atom. The molecule has 1 spiro atoms. The number of aromatic nitrogens is 1. The van der Waals surface area contributed by atoms with Crippen molar-refractivity contribution in [3.63, 3.8) is 0 Å². The largest absolute Gasteiger partial charge is 0.472 e. The molecule has 52 heavy (non-hydrogen) atoms. The van der Waals surface area contributed by atoms with E-state index in [4.69, 9.17) is 24.1 Å². The molecule has 2 aromatic rings. The molecule has 5 rings (SSSR count). The van der Waals surface area contributed by atoms with Gasteiger partial charge < -0.3 is 43.6 Å². The third kappa shape index (κ3) is 7.94. The van der Waals surface area contributed by atoms with Crippen LogP contribution in [0.5, 0.6) is 5.75 Å². The average molecular weight is 756 g/mol. The van der Waals surface area contributed by atoms with Crippen LogP contribution < -0.4 is 15.5 Å². The number of pyridine rings is 1. The van der Waals surface area contributed by atoms with Gasteiger partial charge in [-0.05, 0) is 39.7 Å². The first-order chi connectivity index (χ1) is 24.4. The number of oxime groups is 1. The predicted octanol–water partition coefficient (Wildman–Crippen LogP) is 2.17. The van der Waals surface area contributed by atoms with Crippen LogP contribution in [0.3, 0.4) is 0 Å². The summed E-state index contributed by atoms with van der Waals surface area (Å²) >= 11 is 0. The smallest absolute Gasteiger partial charge is 0.451 e. The van der Waals surface area contributed by atoms with Crippen LogP contribution in [0.4, 0.5) is 13.6 Å². The number of likely N-dealkylation sites (N-methyl/N-ethyl adjacent to an activating group) is 1. The van der Waals surface area contributed by atoms with Gasteiger partial charge >= 0.3 is 19.9 Å². The second kappa shape index (κ2) is 15.0. The molecule has 2 bridgehead atoms. The van der Waals surface area contributed by atoms with Crippen LogP contribution in [0.25, 0.3) is 0 Å². The van der Waals surface area contributed by atoms with Gasteiger partial charge in [-0.25, -0.2) is 27.5 Å². The van der Waals surface area contributed by atoms with E-state index in [1.807, 2.05) is 6.92 Å².